The van der Waals surface area contributed by atoms with E-state index >= 15 is 0 Å². The highest BCUT2D eigenvalue weighted by Gasteiger charge is 2.23. The van der Waals surface area contributed by atoms with Crippen molar-refractivity contribution >= 4 is 41.9 Å². The standard InChI is InChI=1S/C19H29N5O3.HI/c1-3-27-19(26)24-13-11-23(12-14-24)18(20-2)22-15-17(25)21-10-9-16-7-5-4-6-8-16;/h4-8H,3,9-15H2,1-2H3,(H,20,22)(H,21,25);1H. The van der Waals surface area contributed by atoms with E-state index in [2.05, 4.69) is 15.6 Å². The molecule has 1 aromatic rings. The molecule has 0 atom stereocenters. The fourth-order valence-corrected chi connectivity index (χ4v) is 2.86. The summed E-state index contributed by atoms with van der Waals surface area (Å²) in [5, 5.41) is 5.99. The molecule has 0 aliphatic carbocycles. The van der Waals surface area contributed by atoms with Gasteiger partial charge < -0.3 is 25.2 Å². The zero-order chi connectivity index (χ0) is 19.5. The molecule has 2 amide bonds. The number of guanidine groups is 1. The van der Waals surface area contributed by atoms with Gasteiger partial charge in [0.1, 0.15) is 0 Å². The smallest absolute Gasteiger partial charge is 0.409 e. The molecule has 0 bridgehead atoms. The van der Waals surface area contributed by atoms with E-state index in [4.69, 9.17) is 4.74 Å². The number of ether oxygens (including phenoxy) is 1. The van der Waals surface area contributed by atoms with Crippen LogP contribution in [0.2, 0.25) is 0 Å². The van der Waals surface area contributed by atoms with Gasteiger partial charge in [0.25, 0.3) is 0 Å². The van der Waals surface area contributed by atoms with Crippen LogP contribution in [0.3, 0.4) is 0 Å². The molecule has 1 fully saturated rings. The molecule has 28 heavy (non-hydrogen) atoms. The Morgan fingerprint density at radius 1 is 1.07 bits per heavy atom. The molecule has 1 saturated heterocycles. The van der Waals surface area contributed by atoms with Crippen molar-refractivity contribution in [2.24, 2.45) is 4.99 Å². The van der Waals surface area contributed by atoms with Crippen molar-refractivity contribution in [2.75, 3.05) is 52.9 Å². The average Bonchev–Trinajstić information content (AvgIpc) is 2.70. The van der Waals surface area contributed by atoms with Gasteiger partial charge in [-0.3, -0.25) is 9.79 Å². The van der Waals surface area contributed by atoms with Crippen molar-refractivity contribution in [3.05, 3.63) is 35.9 Å². The second kappa shape index (κ2) is 13.2. The lowest BCUT2D eigenvalue weighted by atomic mass is 10.1. The number of nitrogens with zero attached hydrogens (tertiary/aromatic N) is 3. The Morgan fingerprint density at radius 2 is 1.71 bits per heavy atom. The number of amides is 2. The van der Waals surface area contributed by atoms with Crippen LogP contribution in [0.25, 0.3) is 0 Å². The molecule has 0 unspecified atom stereocenters. The number of aliphatic imine (C=N–C) groups is 1. The first-order valence-electron chi connectivity index (χ1n) is 9.32. The molecule has 0 spiro atoms. The van der Waals surface area contributed by atoms with Gasteiger partial charge in [0, 0.05) is 39.8 Å². The number of carbonyl (C=O) groups is 2. The molecule has 8 nitrogen and oxygen atoms in total. The minimum Gasteiger partial charge on any atom is -0.450 e. The molecule has 0 aromatic heterocycles. The second-order valence-corrected chi connectivity index (χ2v) is 6.16. The monoisotopic (exact) mass is 503 g/mol. The Morgan fingerprint density at radius 3 is 2.32 bits per heavy atom. The number of nitrogens with one attached hydrogen (secondary N) is 2. The lowest BCUT2D eigenvalue weighted by molar-refractivity contribution is -0.120. The number of hydrogen-bond acceptors (Lipinski definition) is 4. The molecule has 2 rings (SSSR count). The summed E-state index contributed by atoms with van der Waals surface area (Å²) in [7, 11) is 1.69. The molecule has 1 aromatic carbocycles. The lowest BCUT2D eigenvalue weighted by Gasteiger charge is -2.35. The molecular formula is C19H30IN5O3. The van der Waals surface area contributed by atoms with Gasteiger partial charge in [-0.2, -0.15) is 0 Å². The highest BCUT2D eigenvalue weighted by Crippen LogP contribution is 2.04. The molecule has 1 aliphatic rings. The van der Waals surface area contributed by atoms with Crippen molar-refractivity contribution in [1.29, 1.82) is 0 Å². The largest absolute Gasteiger partial charge is 0.450 e. The number of hydrogen-bond donors (Lipinski definition) is 2. The first-order valence-corrected chi connectivity index (χ1v) is 9.32. The first kappa shape index (κ1) is 24.0. The molecule has 156 valence electrons. The zero-order valence-electron chi connectivity index (χ0n) is 16.5. The maximum Gasteiger partial charge on any atom is 0.409 e. The van der Waals surface area contributed by atoms with Crippen molar-refractivity contribution in [2.45, 2.75) is 13.3 Å². The Hall–Kier alpha value is -2.04. The molecular weight excluding hydrogens is 473 g/mol. The summed E-state index contributed by atoms with van der Waals surface area (Å²) in [4.78, 5) is 31.7. The van der Waals surface area contributed by atoms with Crippen LogP contribution in [0.5, 0.6) is 0 Å². The van der Waals surface area contributed by atoms with E-state index in [9.17, 15) is 9.59 Å². The van der Waals surface area contributed by atoms with Crippen molar-refractivity contribution in [3.63, 3.8) is 0 Å². The number of rotatable bonds is 6. The Labute approximate surface area is 183 Å². The highest BCUT2D eigenvalue weighted by atomic mass is 127. The van der Waals surface area contributed by atoms with Gasteiger partial charge >= 0.3 is 6.09 Å². The third-order valence-electron chi connectivity index (χ3n) is 4.30. The van der Waals surface area contributed by atoms with Crippen molar-refractivity contribution in [1.82, 2.24) is 20.4 Å². The van der Waals surface area contributed by atoms with Gasteiger partial charge in [-0.1, -0.05) is 30.3 Å². The summed E-state index contributed by atoms with van der Waals surface area (Å²) in [5.74, 6) is 0.592. The Kier molecular flexibility index (Phi) is 11.3. The van der Waals surface area contributed by atoms with Crippen LogP contribution in [0.15, 0.2) is 35.3 Å². The molecule has 0 radical (unpaired) electrons. The fraction of sp³-hybridized carbons (Fsp3) is 0.526. The summed E-state index contributed by atoms with van der Waals surface area (Å²) in [6.45, 7) is 5.38. The van der Waals surface area contributed by atoms with Crippen molar-refractivity contribution < 1.29 is 14.3 Å². The average molecular weight is 503 g/mol. The molecule has 1 heterocycles. The molecule has 1 aliphatic heterocycles. The van der Waals surface area contributed by atoms with Crippen LogP contribution in [0, 0.1) is 0 Å². The van der Waals surface area contributed by atoms with Gasteiger partial charge in [0.15, 0.2) is 5.96 Å². The summed E-state index contributed by atoms with van der Waals surface area (Å²) in [6, 6.07) is 10.0. The summed E-state index contributed by atoms with van der Waals surface area (Å²) < 4.78 is 5.02. The summed E-state index contributed by atoms with van der Waals surface area (Å²) >= 11 is 0. The predicted molar refractivity (Wildman–Crippen MR) is 120 cm³/mol. The topological polar surface area (TPSA) is 86.3 Å². The van der Waals surface area contributed by atoms with Crippen LogP contribution in [-0.4, -0.2) is 80.7 Å². The summed E-state index contributed by atoms with van der Waals surface area (Å²) in [6.07, 6.45) is 0.523. The molecule has 9 heteroatoms. The van der Waals surface area contributed by atoms with Gasteiger partial charge in [-0.25, -0.2) is 4.79 Å². The van der Waals surface area contributed by atoms with E-state index in [1.807, 2.05) is 35.2 Å². The van der Waals surface area contributed by atoms with Crippen LogP contribution < -0.4 is 10.6 Å². The molecule has 2 N–H and O–H groups in total. The normalized spacial score (nSPS) is 14.1. The van der Waals surface area contributed by atoms with Crippen LogP contribution >= 0.6 is 24.0 Å². The number of piperazine rings is 1. The lowest BCUT2D eigenvalue weighted by Crippen LogP contribution is -2.54. The maximum atomic E-state index is 12.0. The third kappa shape index (κ3) is 7.91. The quantitative estimate of drug-likeness (QED) is 0.348. The third-order valence-corrected chi connectivity index (χ3v) is 4.30. The van der Waals surface area contributed by atoms with E-state index in [1.165, 1.54) is 5.56 Å². The predicted octanol–water partition coefficient (Wildman–Crippen LogP) is 1.31. The maximum absolute atomic E-state index is 12.0. The SMILES string of the molecule is CCOC(=O)N1CCN(C(=NC)NCC(=O)NCCc2ccccc2)CC1.I. The van der Waals surface area contributed by atoms with Crippen molar-refractivity contribution in [3.8, 4) is 0 Å². The van der Waals surface area contributed by atoms with Crippen LogP contribution in [-0.2, 0) is 16.0 Å². The summed E-state index contributed by atoms with van der Waals surface area (Å²) in [5.41, 5.74) is 1.20. The minimum atomic E-state index is -0.280. The van der Waals surface area contributed by atoms with Gasteiger partial charge in [0.05, 0.1) is 13.2 Å². The van der Waals surface area contributed by atoms with E-state index in [1.54, 1.807) is 18.9 Å². The van der Waals surface area contributed by atoms with E-state index in [0.29, 0.717) is 45.3 Å². The van der Waals surface area contributed by atoms with E-state index in [-0.39, 0.29) is 42.5 Å². The number of benzene rings is 1. The number of carbonyl (C=O) groups excluding carboxylic acids is 2. The van der Waals surface area contributed by atoms with E-state index in [0.717, 1.165) is 6.42 Å². The fourth-order valence-electron chi connectivity index (χ4n) is 2.86. The first-order chi connectivity index (χ1) is 13.1. The Bertz CT molecular complexity index is 634. The van der Waals surface area contributed by atoms with Gasteiger partial charge in [0.2, 0.25) is 5.91 Å². The minimum absolute atomic E-state index is 0. The van der Waals surface area contributed by atoms with Crippen LogP contribution in [0.4, 0.5) is 4.79 Å². The van der Waals surface area contributed by atoms with Gasteiger partial charge in [-0.05, 0) is 18.9 Å². The van der Waals surface area contributed by atoms with Crippen LogP contribution in [0.1, 0.15) is 12.5 Å². The highest BCUT2D eigenvalue weighted by molar-refractivity contribution is 14.0. The second-order valence-electron chi connectivity index (χ2n) is 6.16. The number of halogens is 1. The van der Waals surface area contributed by atoms with E-state index < -0.39 is 0 Å². The van der Waals surface area contributed by atoms with Gasteiger partial charge in [-0.15, -0.1) is 24.0 Å². The molecule has 0 saturated carbocycles. The Balaban J connectivity index is 0.00000392. The zero-order valence-corrected chi connectivity index (χ0v) is 18.8.